The third-order valence-corrected chi connectivity index (χ3v) is 4.92. The predicted molar refractivity (Wildman–Crippen MR) is 67.7 cm³/mol. The zero-order chi connectivity index (χ0) is 11.9. The van der Waals surface area contributed by atoms with E-state index in [2.05, 4.69) is 17.1 Å². The summed E-state index contributed by atoms with van der Waals surface area (Å²) < 4.78 is 0. The smallest absolute Gasteiger partial charge is 0.229 e. The lowest BCUT2D eigenvalue weighted by molar-refractivity contribution is -0.144. The Morgan fingerprint density at radius 1 is 1.12 bits per heavy atom. The first-order valence-electron chi connectivity index (χ1n) is 7.24. The second-order valence-corrected chi connectivity index (χ2v) is 6.34. The summed E-state index contributed by atoms with van der Waals surface area (Å²) in [5, 5.41) is 3.40. The van der Waals surface area contributed by atoms with E-state index in [9.17, 15) is 4.79 Å². The molecule has 0 aromatic carbocycles. The van der Waals surface area contributed by atoms with E-state index >= 15 is 0 Å². The maximum atomic E-state index is 12.7. The molecule has 2 aliphatic carbocycles. The molecular formula is C14H24N2O. The summed E-state index contributed by atoms with van der Waals surface area (Å²) in [6, 6.07) is 1.09. The Kier molecular flexibility index (Phi) is 2.89. The predicted octanol–water partition coefficient (Wildman–Crippen LogP) is 1.92. The van der Waals surface area contributed by atoms with E-state index in [4.69, 9.17) is 0 Å². The van der Waals surface area contributed by atoms with Gasteiger partial charge in [-0.1, -0.05) is 6.92 Å². The van der Waals surface area contributed by atoms with Crippen molar-refractivity contribution in [3.05, 3.63) is 0 Å². The molecule has 17 heavy (non-hydrogen) atoms. The van der Waals surface area contributed by atoms with Crippen molar-refractivity contribution < 1.29 is 4.79 Å². The van der Waals surface area contributed by atoms with Gasteiger partial charge in [0.2, 0.25) is 5.91 Å². The van der Waals surface area contributed by atoms with Gasteiger partial charge in [-0.2, -0.15) is 0 Å². The van der Waals surface area contributed by atoms with Gasteiger partial charge in [0, 0.05) is 17.5 Å². The minimum absolute atomic E-state index is 0.0144. The van der Waals surface area contributed by atoms with Gasteiger partial charge >= 0.3 is 0 Å². The highest BCUT2D eigenvalue weighted by Crippen LogP contribution is 2.48. The minimum Gasteiger partial charge on any atom is -0.336 e. The van der Waals surface area contributed by atoms with Crippen LogP contribution in [-0.2, 0) is 4.79 Å². The van der Waals surface area contributed by atoms with E-state index in [-0.39, 0.29) is 5.41 Å². The molecule has 3 rings (SSSR count). The number of carbonyl (C=O) groups is 1. The second-order valence-electron chi connectivity index (χ2n) is 6.34. The van der Waals surface area contributed by atoms with Crippen molar-refractivity contribution in [1.29, 1.82) is 0 Å². The lowest BCUT2D eigenvalue weighted by Crippen LogP contribution is -2.55. The lowest BCUT2D eigenvalue weighted by atomic mass is 9.87. The van der Waals surface area contributed by atoms with Crippen LogP contribution in [0, 0.1) is 5.41 Å². The van der Waals surface area contributed by atoms with Gasteiger partial charge in [0.15, 0.2) is 0 Å². The molecule has 3 fully saturated rings. The number of carbonyl (C=O) groups excluding carboxylic acids is 1. The van der Waals surface area contributed by atoms with Gasteiger partial charge in [0.05, 0.1) is 0 Å². The van der Waals surface area contributed by atoms with Crippen molar-refractivity contribution in [2.45, 2.75) is 64.0 Å². The Labute approximate surface area is 104 Å². The zero-order valence-corrected chi connectivity index (χ0v) is 10.9. The van der Waals surface area contributed by atoms with Crippen LogP contribution in [0.5, 0.6) is 0 Å². The molecular weight excluding hydrogens is 212 g/mol. The Bertz CT molecular complexity index is 301. The summed E-state index contributed by atoms with van der Waals surface area (Å²) >= 11 is 0. The molecule has 1 aliphatic heterocycles. The van der Waals surface area contributed by atoms with Crippen molar-refractivity contribution in [3.8, 4) is 0 Å². The van der Waals surface area contributed by atoms with Crippen LogP contribution in [0.1, 0.15) is 51.9 Å². The van der Waals surface area contributed by atoms with Gasteiger partial charge in [-0.15, -0.1) is 0 Å². The third kappa shape index (κ3) is 2.10. The quantitative estimate of drug-likeness (QED) is 0.812. The van der Waals surface area contributed by atoms with Crippen LogP contribution < -0.4 is 5.32 Å². The molecule has 96 valence electrons. The van der Waals surface area contributed by atoms with Crippen LogP contribution in [0.15, 0.2) is 0 Å². The van der Waals surface area contributed by atoms with Crippen LogP contribution in [-0.4, -0.2) is 36.0 Å². The molecule has 0 atom stereocenters. The maximum Gasteiger partial charge on any atom is 0.229 e. The molecule has 1 heterocycles. The number of amides is 1. The molecule has 0 unspecified atom stereocenters. The first kappa shape index (κ1) is 11.5. The zero-order valence-electron chi connectivity index (χ0n) is 10.9. The van der Waals surface area contributed by atoms with E-state index < -0.39 is 0 Å². The highest BCUT2D eigenvalue weighted by atomic mass is 16.2. The number of nitrogens with zero attached hydrogens (tertiary/aromatic N) is 1. The molecule has 3 heteroatoms. The summed E-state index contributed by atoms with van der Waals surface area (Å²) in [7, 11) is 0. The van der Waals surface area contributed by atoms with E-state index in [1.165, 1.54) is 19.3 Å². The Hall–Kier alpha value is -0.570. The molecule has 0 radical (unpaired) electrons. The van der Waals surface area contributed by atoms with Gasteiger partial charge in [0.1, 0.15) is 0 Å². The van der Waals surface area contributed by atoms with Crippen molar-refractivity contribution in [3.63, 3.8) is 0 Å². The SMILES string of the molecule is CC1(C(=O)N(C2CCC2)C2CCNCC2)CC1. The van der Waals surface area contributed by atoms with Gasteiger partial charge in [-0.3, -0.25) is 4.79 Å². The average Bonchev–Trinajstić information content (AvgIpc) is 3.03. The van der Waals surface area contributed by atoms with E-state index in [0.717, 1.165) is 38.8 Å². The van der Waals surface area contributed by atoms with Crippen LogP contribution in [0.4, 0.5) is 0 Å². The van der Waals surface area contributed by atoms with Crippen molar-refractivity contribution in [1.82, 2.24) is 10.2 Å². The summed E-state index contributed by atoms with van der Waals surface area (Å²) in [5.74, 6) is 0.467. The Morgan fingerprint density at radius 3 is 2.18 bits per heavy atom. The molecule has 2 saturated carbocycles. The molecule has 0 bridgehead atoms. The first-order chi connectivity index (χ1) is 8.21. The van der Waals surface area contributed by atoms with Crippen LogP contribution >= 0.6 is 0 Å². The summed E-state index contributed by atoms with van der Waals surface area (Å²) in [6.45, 7) is 4.32. The minimum atomic E-state index is 0.0144. The molecule has 0 spiro atoms. The van der Waals surface area contributed by atoms with Crippen LogP contribution in [0.3, 0.4) is 0 Å². The van der Waals surface area contributed by atoms with Crippen molar-refractivity contribution >= 4 is 5.91 Å². The molecule has 3 aliphatic rings. The van der Waals surface area contributed by atoms with Gasteiger partial charge in [-0.05, 0) is 58.0 Å². The Balaban J connectivity index is 1.73. The third-order valence-electron chi connectivity index (χ3n) is 4.92. The monoisotopic (exact) mass is 236 g/mol. The van der Waals surface area contributed by atoms with Crippen molar-refractivity contribution in [2.24, 2.45) is 5.41 Å². The number of nitrogens with one attached hydrogen (secondary N) is 1. The van der Waals surface area contributed by atoms with E-state index in [1.807, 2.05) is 0 Å². The summed E-state index contributed by atoms with van der Waals surface area (Å²) in [6.07, 6.45) is 8.32. The average molecular weight is 236 g/mol. The second kappa shape index (κ2) is 4.27. The standard InChI is InChI=1S/C14H24N2O/c1-14(7-8-14)13(17)16(11-3-2-4-11)12-5-9-15-10-6-12/h11-12,15H,2-10H2,1H3. The molecule has 1 N–H and O–H groups in total. The van der Waals surface area contributed by atoms with Crippen molar-refractivity contribution in [2.75, 3.05) is 13.1 Å². The maximum absolute atomic E-state index is 12.7. The summed E-state index contributed by atoms with van der Waals surface area (Å²) in [5.41, 5.74) is 0.0144. The number of hydrogen-bond donors (Lipinski definition) is 1. The first-order valence-corrected chi connectivity index (χ1v) is 7.24. The van der Waals surface area contributed by atoms with E-state index in [0.29, 0.717) is 18.0 Å². The molecule has 1 amide bonds. The molecule has 0 aromatic heterocycles. The van der Waals surface area contributed by atoms with Crippen LogP contribution in [0.25, 0.3) is 0 Å². The van der Waals surface area contributed by atoms with E-state index in [1.54, 1.807) is 0 Å². The lowest BCUT2D eigenvalue weighted by Gasteiger charge is -2.45. The largest absolute Gasteiger partial charge is 0.336 e. The highest BCUT2D eigenvalue weighted by Gasteiger charge is 2.50. The molecule has 1 saturated heterocycles. The number of piperidine rings is 1. The highest BCUT2D eigenvalue weighted by molar-refractivity contribution is 5.85. The fraction of sp³-hybridized carbons (Fsp3) is 0.929. The molecule has 0 aromatic rings. The fourth-order valence-electron chi connectivity index (χ4n) is 3.09. The number of rotatable bonds is 3. The fourth-order valence-corrected chi connectivity index (χ4v) is 3.09. The molecule has 3 nitrogen and oxygen atoms in total. The normalized spacial score (nSPS) is 28.5. The topological polar surface area (TPSA) is 32.3 Å². The van der Waals surface area contributed by atoms with Gasteiger partial charge < -0.3 is 10.2 Å². The van der Waals surface area contributed by atoms with Gasteiger partial charge in [-0.25, -0.2) is 0 Å². The van der Waals surface area contributed by atoms with Gasteiger partial charge in [0.25, 0.3) is 0 Å². The Morgan fingerprint density at radius 2 is 1.71 bits per heavy atom. The number of hydrogen-bond acceptors (Lipinski definition) is 2. The summed E-state index contributed by atoms with van der Waals surface area (Å²) in [4.78, 5) is 15.0. The van der Waals surface area contributed by atoms with Crippen LogP contribution in [0.2, 0.25) is 0 Å².